The van der Waals surface area contributed by atoms with Gasteiger partial charge in [-0.15, -0.1) is 0 Å². The van der Waals surface area contributed by atoms with E-state index < -0.39 is 5.97 Å². The van der Waals surface area contributed by atoms with Crippen LogP contribution in [-0.2, 0) is 21.4 Å². The summed E-state index contributed by atoms with van der Waals surface area (Å²) in [6.45, 7) is 9.28. The molecule has 0 bridgehead atoms. The van der Waals surface area contributed by atoms with Crippen LogP contribution in [0.2, 0.25) is 0 Å². The molecule has 6 heteroatoms. The van der Waals surface area contributed by atoms with Crippen molar-refractivity contribution in [3.63, 3.8) is 0 Å². The summed E-state index contributed by atoms with van der Waals surface area (Å²) in [7, 11) is 1.27. The highest BCUT2D eigenvalue weighted by Gasteiger charge is 2.25. The van der Waals surface area contributed by atoms with E-state index in [-0.39, 0.29) is 29.1 Å². The molecule has 144 valence electrons. The molecule has 1 amide bonds. The fourth-order valence-electron chi connectivity index (χ4n) is 3.12. The monoisotopic (exact) mass is 370 g/mol. The van der Waals surface area contributed by atoms with Gasteiger partial charge in [-0.3, -0.25) is 9.59 Å². The summed E-state index contributed by atoms with van der Waals surface area (Å²) < 4.78 is 4.81. The quantitative estimate of drug-likeness (QED) is 0.619. The standard InChI is InChI=1S/C21H26N2O4/c1-12-18(20(26)27-6)16(23-19(12)13(2)24)11-17(25)22-15-10-8-7-9-14(15)21(3,4)5/h7-10,23H,11H2,1-6H3,(H,22,25). The third kappa shape index (κ3) is 4.45. The van der Waals surface area contributed by atoms with Crippen molar-refractivity contribution in [3.05, 3.63) is 52.3 Å². The van der Waals surface area contributed by atoms with Crippen molar-refractivity contribution in [2.75, 3.05) is 12.4 Å². The van der Waals surface area contributed by atoms with E-state index in [2.05, 4.69) is 31.1 Å². The zero-order valence-electron chi connectivity index (χ0n) is 16.6. The van der Waals surface area contributed by atoms with Crippen LogP contribution in [0.25, 0.3) is 0 Å². The Kier molecular flexibility index (Phi) is 5.88. The topological polar surface area (TPSA) is 88.3 Å². The highest BCUT2D eigenvalue weighted by Crippen LogP contribution is 2.29. The average molecular weight is 370 g/mol. The van der Waals surface area contributed by atoms with Gasteiger partial charge in [0.05, 0.1) is 24.8 Å². The van der Waals surface area contributed by atoms with Gasteiger partial charge < -0.3 is 15.0 Å². The smallest absolute Gasteiger partial charge is 0.339 e. The number of hydrogen-bond acceptors (Lipinski definition) is 4. The summed E-state index contributed by atoms with van der Waals surface area (Å²) in [6.07, 6.45) is -0.0724. The summed E-state index contributed by atoms with van der Waals surface area (Å²) in [5, 5.41) is 2.91. The van der Waals surface area contributed by atoms with Gasteiger partial charge in [0.25, 0.3) is 0 Å². The van der Waals surface area contributed by atoms with E-state index in [1.54, 1.807) is 6.92 Å². The van der Waals surface area contributed by atoms with Crippen molar-refractivity contribution in [3.8, 4) is 0 Å². The first-order valence-corrected chi connectivity index (χ1v) is 8.76. The summed E-state index contributed by atoms with van der Waals surface area (Å²) in [5.74, 6) is -1.07. The molecule has 0 fully saturated rings. The molecule has 0 aliphatic rings. The number of H-pyrrole nitrogens is 1. The van der Waals surface area contributed by atoms with Crippen molar-refractivity contribution in [2.24, 2.45) is 0 Å². The van der Waals surface area contributed by atoms with Gasteiger partial charge in [0.1, 0.15) is 0 Å². The highest BCUT2D eigenvalue weighted by atomic mass is 16.5. The summed E-state index contributed by atoms with van der Waals surface area (Å²) in [6, 6.07) is 7.61. The number of esters is 1. The number of Topliss-reactive ketones (excluding diaryl/α,β-unsaturated/α-hetero) is 1. The van der Waals surface area contributed by atoms with E-state index in [0.717, 1.165) is 11.3 Å². The van der Waals surface area contributed by atoms with Crippen LogP contribution in [0.1, 0.15) is 65.4 Å². The largest absolute Gasteiger partial charge is 0.465 e. The first kappa shape index (κ1) is 20.4. The number of carbonyl (C=O) groups is 3. The maximum absolute atomic E-state index is 12.6. The molecule has 0 saturated heterocycles. The van der Waals surface area contributed by atoms with E-state index in [4.69, 9.17) is 4.74 Å². The Hall–Kier alpha value is -2.89. The lowest BCUT2D eigenvalue weighted by molar-refractivity contribution is -0.115. The van der Waals surface area contributed by atoms with Gasteiger partial charge in [0.15, 0.2) is 5.78 Å². The Balaban J connectivity index is 2.33. The molecular weight excluding hydrogens is 344 g/mol. The van der Waals surface area contributed by atoms with Crippen LogP contribution in [0.4, 0.5) is 5.69 Å². The first-order chi connectivity index (χ1) is 12.6. The molecular formula is C21H26N2O4. The summed E-state index contributed by atoms with van der Waals surface area (Å²) >= 11 is 0. The number of ketones is 1. The van der Waals surface area contributed by atoms with E-state index >= 15 is 0 Å². The number of nitrogens with one attached hydrogen (secondary N) is 2. The second-order valence-electron chi connectivity index (χ2n) is 7.55. The lowest BCUT2D eigenvalue weighted by Gasteiger charge is -2.23. The average Bonchev–Trinajstić information content (AvgIpc) is 2.90. The number of methoxy groups -OCH3 is 1. The molecule has 0 atom stereocenters. The van der Waals surface area contributed by atoms with Gasteiger partial charge in [-0.2, -0.15) is 0 Å². The van der Waals surface area contributed by atoms with Crippen LogP contribution in [-0.4, -0.2) is 29.8 Å². The fraction of sp³-hybridized carbons (Fsp3) is 0.381. The van der Waals surface area contributed by atoms with Crippen molar-refractivity contribution < 1.29 is 19.1 Å². The minimum Gasteiger partial charge on any atom is -0.465 e. The SMILES string of the molecule is COC(=O)c1c(CC(=O)Nc2ccccc2C(C)(C)C)[nH]c(C(C)=O)c1C. The van der Waals surface area contributed by atoms with Crippen molar-refractivity contribution in [1.82, 2.24) is 4.98 Å². The molecule has 1 aromatic heterocycles. The molecule has 0 saturated carbocycles. The van der Waals surface area contributed by atoms with Crippen molar-refractivity contribution in [1.29, 1.82) is 0 Å². The number of para-hydroxylation sites is 1. The van der Waals surface area contributed by atoms with E-state index in [0.29, 0.717) is 17.0 Å². The normalized spacial score (nSPS) is 11.2. The van der Waals surface area contributed by atoms with E-state index in [9.17, 15) is 14.4 Å². The second-order valence-corrected chi connectivity index (χ2v) is 7.55. The molecule has 1 heterocycles. The number of carbonyl (C=O) groups excluding carboxylic acids is 3. The third-order valence-electron chi connectivity index (χ3n) is 4.42. The van der Waals surface area contributed by atoms with Crippen LogP contribution < -0.4 is 5.32 Å². The predicted molar refractivity (Wildman–Crippen MR) is 104 cm³/mol. The Labute approximate surface area is 159 Å². The Bertz CT molecular complexity index is 888. The number of rotatable bonds is 5. The predicted octanol–water partition coefficient (Wildman–Crippen LogP) is 3.79. The van der Waals surface area contributed by atoms with Gasteiger partial charge in [0, 0.05) is 18.3 Å². The summed E-state index contributed by atoms with van der Waals surface area (Å²) in [4.78, 5) is 39.5. The minimum absolute atomic E-state index is 0.0724. The molecule has 6 nitrogen and oxygen atoms in total. The maximum Gasteiger partial charge on any atom is 0.339 e. The van der Waals surface area contributed by atoms with Gasteiger partial charge in [0.2, 0.25) is 5.91 Å². The molecule has 2 N–H and O–H groups in total. The van der Waals surface area contributed by atoms with Crippen LogP contribution in [0.5, 0.6) is 0 Å². The van der Waals surface area contributed by atoms with Crippen LogP contribution >= 0.6 is 0 Å². The van der Waals surface area contributed by atoms with Gasteiger partial charge in [-0.25, -0.2) is 4.79 Å². The van der Waals surface area contributed by atoms with Crippen molar-refractivity contribution in [2.45, 2.75) is 46.5 Å². The fourth-order valence-corrected chi connectivity index (χ4v) is 3.12. The Morgan fingerprint density at radius 2 is 1.78 bits per heavy atom. The van der Waals surface area contributed by atoms with Gasteiger partial charge >= 0.3 is 5.97 Å². The number of ether oxygens (including phenoxy) is 1. The third-order valence-corrected chi connectivity index (χ3v) is 4.42. The molecule has 0 radical (unpaired) electrons. The van der Waals surface area contributed by atoms with Gasteiger partial charge in [-0.1, -0.05) is 39.0 Å². The number of benzene rings is 1. The molecule has 0 spiro atoms. The number of amides is 1. The van der Waals surface area contributed by atoms with E-state index in [1.165, 1.54) is 14.0 Å². The molecule has 0 aliphatic heterocycles. The maximum atomic E-state index is 12.6. The number of anilines is 1. The number of aromatic nitrogens is 1. The second kappa shape index (κ2) is 7.78. The van der Waals surface area contributed by atoms with Gasteiger partial charge in [-0.05, 0) is 29.5 Å². The Morgan fingerprint density at radius 1 is 1.15 bits per heavy atom. The molecule has 27 heavy (non-hydrogen) atoms. The molecule has 0 unspecified atom stereocenters. The molecule has 1 aromatic carbocycles. The number of hydrogen-bond donors (Lipinski definition) is 2. The molecule has 2 rings (SSSR count). The van der Waals surface area contributed by atoms with Crippen LogP contribution in [0.3, 0.4) is 0 Å². The lowest BCUT2D eigenvalue weighted by atomic mass is 9.86. The Morgan fingerprint density at radius 3 is 2.33 bits per heavy atom. The minimum atomic E-state index is -0.575. The number of aromatic amines is 1. The summed E-state index contributed by atoms with van der Waals surface area (Å²) in [5.41, 5.74) is 3.02. The first-order valence-electron chi connectivity index (χ1n) is 8.76. The zero-order valence-corrected chi connectivity index (χ0v) is 16.6. The zero-order chi connectivity index (χ0) is 20.4. The highest BCUT2D eigenvalue weighted by molar-refractivity contribution is 6.02. The molecule has 0 aliphatic carbocycles. The van der Waals surface area contributed by atoms with Crippen LogP contribution in [0, 0.1) is 6.92 Å². The van der Waals surface area contributed by atoms with Crippen LogP contribution in [0.15, 0.2) is 24.3 Å². The lowest BCUT2D eigenvalue weighted by Crippen LogP contribution is -2.21. The van der Waals surface area contributed by atoms with Crippen molar-refractivity contribution >= 4 is 23.3 Å². The van der Waals surface area contributed by atoms with E-state index in [1.807, 2.05) is 24.3 Å². The molecule has 2 aromatic rings.